The topological polar surface area (TPSA) is 51.6 Å². The minimum absolute atomic E-state index is 0. The second-order valence-corrected chi connectivity index (χ2v) is 14.7. The zero-order chi connectivity index (χ0) is 28.0. The zero-order valence-electron chi connectivity index (χ0n) is 24.4. The molecular weight excluding hydrogens is 582 g/mol. The third kappa shape index (κ3) is 5.54. The van der Waals surface area contributed by atoms with Crippen LogP contribution in [0.5, 0.6) is 0 Å². The van der Waals surface area contributed by atoms with Crippen LogP contribution >= 0.6 is 18.5 Å². The molecule has 8 rings (SSSR count). The molecule has 4 saturated carbocycles. The van der Waals surface area contributed by atoms with Crippen LogP contribution in [-0.2, 0) is 33.1 Å². The molecule has 7 heteroatoms. The van der Waals surface area contributed by atoms with E-state index in [1.165, 1.54) is 49.4 Å². The van der Waals surface area contributed by atoms with Crippen LogP contribution in [0.2, 0.25) is 0 Å². The summed E-state index contributed by atoms with van der Waals surface area (Å²) in [6.45, 7) is 6.99. The fourth-order valence-electron chi connectivity index (χ4n) is 8.40. The van der Waals surface area contributed by atoms with E-state index in [0.29, 0.717) is 5.92 Å². The third-order valence-electron chi connectivity index (χ3n) is 9.98. The Bertz CT molecular complexity index is 1330. The van der Waals surface area contributed by atoms with Gasteiger partial charge >= 0.3 is 17.1 Å². The first kappa shape index (κ1) is 30.7. The quantitative estimate of drug-likeness (QED) is 0.132. The Morgan fingerprint density at radius 3 is 1.93 bits per heavy atom. The fraction of sp³-hybridized carbons (Fsp3) is 0.471. The summed E-state index contributed by atoms with van der Waals surface area (Å²) in [5.41, 5.74) is 6.37. The van der Waals surface area contributed by atoms with Gasteiger partial charge in [-0.2, -0.15) is 35.4 Å². The third-order valence-corrected chi connectivity index (χ3v) is 11.4. The standard InChI is InChI=1S/C29H37N4P2.C5H5.Fe/c1-27(2,3)21-11-22(28-13-18-8-19(14-28)10-20(9-18)24(28)17-34)23(12-21)29(35,25-15-30-4-6-32-25)26-16-31-5-7-33-26;1-2-4-5-3-1;/h4-7,11-12,15-16,18-20,24H,8-10,13-14,17,34-35H2,1-3H3;1-5H;/q2*-1;+2. The molecule has 4 aromatic rings. The average Bonchev–Trinajstić information content (AvgIpc) is 3.68. The van der Waals surface area contributed by atoms with Crippen molar-refractivity contribution in [1.29, 1.82) is 0 Å². The van der Waals surface area contributed by atoms with Crippen molar-refractivity contribution < 1.29 is 17.1 Å². The largest absolute Gasteiger partial charge is 2.00 e. The molecule has 4 bridgehead atoms. The average molecular weight is 625 g/mol. The van der Waals surface area contributed by atoms with Gasteiger partial charge in [0.25, 0.3) is 0 Å². The molecule has 0 saturated heterocycles. The molecule has 5 atom stereocenters. The maximum Gasteiger partial charge on any atom is 2.00 e. The molecule has 2 aromatic heterocycles. The first-order valence-electron chi connectivity index (χ1n) is 14.8. The molecule has 0 N–H and O–H groups in total. The molecule has 5 unspecified atom stereocenters. The number of hydrogen-bond donors (Lipinski definition) is 0. The summed E-state index contributed by atoms with van der Waals surface area (Å²) in [4.78, 5) is 18.7. The van der Waals surface area contributed by atoms with Gasteiger partial charge in [-0.3, -0.25) is 19.9 Å². The van der Waals surface area contributed by atoms with E-state index >= 15 is 0 Å². The van der Waals surface area contributed by atoms with Crippen LogP contribution in [0.1, 0.15) is 81.0 Å². The molecule has 2 aromatic carbocycles. The molecule has 0 aliphatic heterocycles. The minimum atomic E-state index is -0.601. The summed E-state index contributed by atoms with van der Waals surface area (Å²) in [6.07, 6.45) is 19.0. The SMILES string of the molecule is CC(C)(C)c1cc(C23CC4CC(CC(C4)C2CP)C3)c(C(P)(c2cnccn2)c2cnccn2)[cH-]1.[Fe+2].c1cc[cH-]c1. The van der Waals surface area contributed by atoms with Crippen molar-refractivity contribution in [3.63, 3.8) is 0 Å². The van der Waals surface area contributed by atoms with Gasteiger partial charge in [0, 0.05) is 37.2 Å². The van der Waals surface area contributed by atoms with Crippen LogP contribution in [0.3, 0.4) is 0 Å². The van der Waals surface area contributed by atoms with E-state index < -0.39 is 5.16 Å². The van der Waals surface area contributed by atoms with Gasteiger partial charge in [-0.25, -0.2) is 18.2 Å². The van der Waals surface area contributed by atoms with Gasteiger partial charge in [-0.1, -0.05) is 39.0 Å². The van der Waals surface area contributed by atoms with Crippen molar-refractivity contribution in [1.82, 2.24) is 19.9 Å². The van der Waals surface area contributed by atoms with Gasteiger partial charge in [0.1, 0.15) is 0 Å². The zero-order valence-corrected chi connectivity index (χ0v) is 27.8. The molecule has 41 heavy (non-hydrogen) atoms. The van der Waals surface area contributed by atoms with Gasteiger partial charge in [-0.05, 0) is 54.5 Å². The van der Waals surface area contributed by atoms with E-state index in [2.05, 4.69) is 61.4 Å². The number of hydrogen-bond acceptors (Lipinski definition) is 4. The van der Waals surface area contributed by atoms with E-state index in [1.54, 1.807) is 30.4 Å². The molecule has 4 fully saturated rings. The van der Waals surface area contributed by atoms with E-state index in [1.807, 2.05) is 42.7 Å². The number of rotatable bonds is 5. The molecule has 4 nitrogen and oxygen atoms in total. The summed E-state index contributed by atoms with van der Waals surface area (Å²) < 4.78 is 0. The summed E-state index contributed by atoms with van der Waals surface area (Å²) in [5, 5.41) is -0.601. The Hall–Kier alpha value is -1.76. The van der Waals surface area contributed by atoms with Crippen molar-refractivity contribution in [3.05, 3.63) is 108 Å². The maximum absolute atomic E-state index is 4.85. The molecular formula is C34H42FeN4P2. The van der Waals surface area contributed by atoms with Crippen LogP contribution in [0.25, 0.3) is 0 Å². The molecule has 0 amide bonds. The monoisotopic (exact) mass is 624 g/mol. The first-order valence-corrected chi connectivity index (χ1v) is 16.2. The molecule has 216 valence electrons. The van der Waals surface area contributed by atoms with Crippen LogP contribution in [-0.4, -0.2) is 26.1 Å². The van der Waals surface area contributed by atoms with Gasteiger partial charge in [0.2, 0.25) is 0 Å². The van der Waals surface area contributed by atoms with Crippen molar-refractivity contribution in [2.75, 3.05) is 6.16 Å². The van der Waals surface area contributed by atoms with Crippen LogP contribution in [0, 0.1) is 23.7 Å². The fourth-order valence-corrected chi connectivity index (χ4v) is 9.77. The van der Waals surface area contributed by atoms with E-state index in [-0.39, 0.29) is 27.9 Å². The molecule has 4 aliphatic rings. The van der Waals surface area contributed by atoms with E-state index in [0.717, 1.165) is 29.1 Å². The molecule has 4 aliphatic carbocycles. The predicted molar refractivity (Wildman–Crippen MR) is 170 cm³/mol. The summed E-state index contributed by atoms with van der Waals surface area (Å²) in [7, 11) is 6.29. The Labute approximate surface area is 261 Å². The second kappa shape index (κ2) is 12.1. The number of nitrogens with zero attached hydrogens (tertiary/aromatic N) is 4. The molecule has 0 spiro atoms. The normalized spacial score (nSPS) is 26.7. The minimum Gasteiger partial charge on any atom is -0.261 e. The Balaban J connectivity index is 0.000000510. The summed E-state index contributed by atoms with van der Waals surface area (Å²) in [6, 6.07) is 15.0. The van der Waals surface area contributed by atoms with Gasteiger partial charge in [0.05, 0.1) is 16.5 Å². The van der Waals surface area contributed by atoms with Gasteiger partial charge in [-0.15, -0.1) is 24.0 Å². The van der Waals surface area contributed by atoms with Crippen molar-refractivity contribution >= 4 is 18.5 Å². The van der Waals surface area contributed by atoms with Crippen LogP contribution in [0.15, 0.2) is 79.6 Å². The maximum atomic E-state index is 4.85. The Kier molecular flexibility index (Phi) is 9.05. The van der Waals surface area contributed by atoms with Crippen LogP contribution < -0.4 is 0 Å². The second-order valence-electron chi connectivity index (χ2n) is 13.4. The molecule has 2 heterocycles. The first-order chi connectivity index (χ1) is 19.3. The van der Waals surface area contributed by atoms with E-state index in [9.17, 15) is 0 Å². The Morgan fingerprint density at radius 1 is 0.902 bits per heavy atom. The summed E-state index contributed by atoms with van der Waals surface area (Å²) >= 11 is 0. The van der Waals surface area contributed by atoms with Crippen molar-refractivity contribution in [3.8, 4) is 0 Å². The Morgan fingerprint density at radius 2 is 1.49 bits per heavy atom. The predicted octanol–water partition coefficient (Wildman–Crippen LogP) is 7.42. The summed E-state index contributed by atoms with van der Waals surface area (Å²) in [5.74, 6) is 3.31. The van der Waals surface area contributed by atoms with Crippen molar-refractivity contribution in [2.24, 2.45) is 23.7 Å². The number of aromatic nitrogens is 4. The van der Waals surface area contributed by atoms with Gasteiger partial charge in [0.15, 0.2) is 0 Å². The smallest absolute Gasteiger partial charge is 0.261 e. The molecule has 0 radical (unpaired) electrons. The van der Waals surface area contributed by atoms with E-state index in [4.69, 9.17) is 9.97 Å². The van der Waals surface area contributed by atoms with Crippen molar-refractivity contribution in [2.45, 2.75) is 68.9 Å². The van der Waals surface area contributed by atoms with Gasteiger partial charge < -0.3 is 0 Å². The van der Waals surface area contributed by atoms with Crippen LogP contribution in [0.4, 0.5) is 0 Å².